The highest BCUT2D eigenvalue weighted by molar-refractivity contribution is 5.94. The molecule has 0 spiro atoms. The van der Waals surface area contributed by atoms with Crippen molar-refractivity contribution in [3.63, 3.8) is 0 Å². The molecule has 0 aliphatic rings. The molecule has 4 nitrogen and oxygen atoms in total. The van der Waals surface area contributed by atoms with Crippen LogP contribution in [0, 0.1) is 0 Å². The second-order valence-corrected chi connectivity index (χ2v) is 2.84. The lowest BCUT2D eigenvalue weighted by molar-refractivity contribution is 0.0967. The summed E-state index contributed by atoms with van der Waals surface area (Å²) in [6.45, 7) is 0. The largest absolute Gasteiger partial charge is 0.497 e. The predicted molar refractivity (Wildman–Crippen MR) is 50.2 cm³/mol. The number of rotatable bonds is 2. The van der Waals surface area contributed by atoms with Crippen molar-refractivity contribution >= 4 is 16.9 Å². The molecule has 1 aromatic heterocycles. The lowest BCUT2D eigenvalue weighted by atomic mass is 10.2. The van der Waals surface area contributed by atoms with Gasteiger partial charge in [-0.1, -0.05) is 0 Å². The van der Waals surface area contributed by atoms with Crippen LogP contribution < -0.4 is 10.5 Å². The SMILES string of the molecule is COc1ccc2oc(C([NH])=O)cc2c1. The summed E-state index contributed by atoms with van der Waals surface area (Å²) in [6, 6.07) is 6.74. The van der Waals surface area contributed by atoms with Crippen molar-refractivity contribution < 1.29 is 13.9 Å². The first-order chi connectivity index (χ1) is 6.70. The Morgan fingerprint density at radius 2 is 2.21 bits per heavy atom. The van der Waals surface area contributed by atoms with E-state index in [2.05, 4.69) is 0 Å². The summed E-state index contributed by atoms with van der Waals surface area (Å²) in [5, 5.41) is 0.764. The predicted octanol–water partition coefficient (Wildman–Crippen LogP) is 1.86. The molecule has 1 radical (unpaired) electrons. The van der Waals surface area contributed by atoms with E-state index in [0.717, 1.165) is 5.39 Å². The molecule has 0 atom stereocenters. The standard InChI is InChI=1S/C10H8NO3/c1-13-7-2-3-8-6(4-7)5-9(14-8)10(11)12/h2-5,11H,1H3. The quantitative estimate of drug-likeness (QED) is 0.726. The second kappa shape index (κ2) is 3.06. The van der Waals surface area contributed by atoms with Crippen LogP contribution in [-0.2, 0) is 0 Å². The molecule has 0 aliphatic carbocycles. The molecule has 1 aromatic carbocycles. The molecule has 71 valence electrons. The van der Waals surface area contributed by atoms with E-state index in [4.69, 9.17) is 14.9 Å². The first-order valence-corrected chi connectivity index (χ1v) is 4.04. The third kappa shape index (κ3) is 1.31. The first-order valence-electron chi connectivity index (χ1n) is 4.04. The summed E-state index contributed by atoms with van der Waals surface area (Å²) in [5.41, 5.74) is 7.47. The van der Waals surface area contributed by atoms with Crippen LogP contribution in [0.15, 0.2) is 28.7 Å². The van der Waals surface area contributed by atoms with Gasteiger partial charge in [-0.15, -0.1) is 0 Å². The van der Waals surface area contributed by atoms with Gasteiger partial charge in [-0.25, -0.2) is 0 Å². The maximum atomic E-state index is 10.7. The van der Waals surface area contributed by atoms with E-state index in [-0.39, 0.29) is 5.76 Å². The lowest BCUT2D eigenvalue weighted by Gasteiger charge is -1.96. The molecule has 14 heavy (non-hydrogen) atoms. The first kappa shape index (κ1) is 8.62. The molecule has 1 heterocycles. The number of furan rings is 1. The van der Waals surface area contributed by atoms with Crippen LogP contribution in [0.4, 0.5) is 0 Å². The van der Waals surface area contributed by atoms with E-state index in [0.29, 0.717) is 11.3 Å². The number of carbonyl (C=O) groups is 1. The Kier molecular flexibility index (Phi) is 1.89. The van der Waals surface area contributed by atoms with Gasteiger partial charge in [0.05, 0.1) is 7.11 Å². The molecule has 0 saturated carbocycles. The van der Waals surface area contributed by atoms with Gasteiger partial charge in [-0.05, 0) is 24.3 Å². The summed E-state index contributed by atoms with van der Waals surface area (Å²) in [4.78, 5) is 10.7. The van der Waals surface area contributed by atoms with Crippen molar-refractivity contribution in [3.05, 3.63) is 30.0 Å². The number of nitrogens with one attached hydrogen (secondary N) is 1. The van der Waals surface area contributed by atoms with Crippen LogP contribution in [0.3, 0.4) is 0 Å². The van der Waals surface area contributed by atoms with Gasteiger partial charge in [0.15, 0.2) is 5.76 Å². The molecule has 2 rings (SSSR count). The van der Waals surface area contributed by atoms with Crippen LogP contribution >= 0.6 is 0 Å². The normalized spacial score (nSPS) is 10.4. The highest BCUT2D eigenvalue weighted by atomic mass is 16.5. The number of carbonyl (C=O) groups excluding carboxylic acids is 1. The second-order valence-electron chi connectivity index (χ2n) is 2.84. The zero-order valence-corrected chi connectivity index (χ0v) is 7.53. The minimum atomic E-state index is -0.819. The maximum absolute atomic E-state index is 10.7. The molecule has 0 unspecified atom stereocenters. The van der Waals surface area contributed by atoms with Crippen LogP contribution in [0.1, 0.15) is 10.6 Å². The summed E-state index contributed by atoms with van der Waals surface area (Å²) in [7, 11) is 1.57. The minimum absolute atomic E-state index is 0.0493. The number of methoxy groups -OCH3 is 1. The van der Waals surface area contributed by atoms with Gasteiger partial charge in [0, 0.05) is 5.39 Å². The molecule has 0 saturated heterocycles. The summed E-state index contributed by atoms with van der Waals surface area (Å²) >= 11 is 0. The van der Waals surface area contributed by atoms with Crippen molar-refractivity contribution in [1.82, 2.24) is 5.73 Å². The van der Waals surface area contributed by atoms with Gasteiger partial charge in [0.25, 0.3) is 0 Å². The average Bonchev–Trinajstić information content (AvgIpc) is 2.59. The van der Waals surface area contributed by atoms with Crippen LogP contribution in [0.2, 0.25) is 0 Å². The van der Waals surface area contributed by atoms with E-state index >= 15 is 0 Å². The molecule has 1 N–H and O–H groups in total. The van der Waals surface area contributed by atoms with Crippen molar-refractivity contribution in [2.75, 3.05) is 7.11 Å². The fourth-order valence-electron chi connectivity index (χ4n) is 1.26. The molecular weight excluding hydrogens is 182 g/mol. The number of fused-ring (bicyclic) bond motifs is 1. The molecule has 0 bridgehead atoms. The maximum Gasteiger partial charge on any atom is 0.305 e. The van der Waals surface area contributed by atoms with Gasteiger partial charge in [0.1, 0.15) is 11.3 Å². The van der Waals surface area contributed by atoms with E-state index in [9.17, 15) is 4.79 Å². The van der Waals surface area contributed by atoms with E-state index in [1.807, 2.05) is 0 Å². The fourth-order valence-corrected chi connectivity index (χ4v) is 1.26. The highest BCUT2D eigenvalue weighted by Crippen LogP contribution is 2.23. The zero-order chi connectivity index (χ0) is 10.1. The number of hydrogen-bond donors (Lipinski definition) is 0. The minimum Gasteiger partial charge on any atom is -0.497 e. The number of benzene rings is 1. The average molecular weight is 190 g/mol. The highest BCUT2D eigenvalue weighted by Gasteiger charge is 2.09. The molecule has 0 fully saturated rings. The Morgan fingerprint density at radius 1 is 1.43 bits per heavy atom. The third-order valence-electron chi connectivity index (χ3n) is 1.95. The molecule has 1 amide bonds. The summed E-state index contributed by atoms with van der Waals surface area (Å²) in [6.07, 6.45) is 0. The number of ether oxygens (including phenoxy) is 1. The van der Waals surface area contributed by atoms with Gasteiger partial charge >= 0.3 is 5.91 Å². The van der Waals surface area contributed by atoms with Crippen LogP contribution in [0.25, 0.3) is 11.0 Å². The Morgan fingerprint density at radius 3 is 2.86 bits per heavy atom. The van der Waals surface area contributed by atoms with Gasteiger partial charge in [-0.2, -0.15) is 0 Å². The topological polar surface area (TPSA) is 63.2 Å². The van der Waals surface area contributed by atoms with Crippen LogP contribution in [0.5, 0.6) is 5.75 Å². The van der Waals surface area contributed by atoms with Crippen molar-refractivity contribution in [3.8, 4) is 5.75 Å². The van der Waals surface area contributed by atoms with E-state index in [1.54, 1.807) is 25.3 Å². The molecular formula is C10H8NO3. The fraction of sp³-hybridized carbons (Fsp3) is 0.100. The Bertz CT molecular complexity index is 487. The van der Waals surface area contributed by atoms with E-state index < -0.39 is 5.91 Å². The monoisotopic (exact) mass is 190 g/mol. The molecule has 0 aliphatic heterocycles. The van der Waals surface area contributed by atoms with E-state index in [1.165, 1.54) is 6.07 Å². The zero-order valence-electron chi connectivity index (χ0n) is 7.53. The van der Waals surface area contributed by atoms with Gasteiger partial charge < -0.3 is 9.15 Å². The Labute approximate surface area is 80.3 Å². The Balaban J connectivity index is 2.60. The van der Waals surface area contributed by atoms with Crippen molar-refractivity contribution in [1.29, 1.82) is 0 Å². The molecule has 2 aromatic rings. The third-order valence-corrected chi connectivity index (χ3v) is 1.95. The Hall–Kier alpha value is -1.97. The van der Waals surface area contributed by atoms with Crippen molar-refractivity contribution in [2.24, 2.45) is 0 Å². The van der Waals surface area contributed by atoms with Crippen LogP contribution in [-0.4, -0.2) is 13.0 Å². The van der Waals surface area contributed by atoms with Gasteiger partial charge in [-0.3, -0.25) is 10.5 Å². The molecule has 4 heteroatoms. The van der Waals surface area contributed by atoms with Gasteiger partial charge in [0.2, 0.25) is 0 Å². The summed E-state index contributed by atoms with van der Waals surface area (Å²) in [5.74, 6) is -0.0734. The summed E-state index contributed by atoms with van der Waals surface area (Å²) < 4.78 is 10.2. The number of amides is 1. The smallest absolute Gasteiger partial charge is 0.305 e. The lowest BCUT2D eigenvalue weighted by Crippen LogP contribution is -1.94. The van der Waals surface area contributed by atoms with Crippen molar-refractivity contribution in [2.45, 2.75) is 0 Å². The number of hydrogen-bond acceptors (Lipinski definition) is 3.